The summed E-state index contributed by atoms with van der Waals surface area (Å²) in [5.41, 5.74) is 7.76. The van der Waals surface area contributed by atoms with Crippen molar-refractivity contribution in [2.45, 2.75) is 0 Å². The van der Waals surface area contributed by atoms with Crippen molar-refractivity contribution in [2.75, 3.05) is 11.1 Å². The van der Waals surface area contributed by atoms with E-state index in [0.29, 0.717) is 27.0 Å². The Bertz CT molecular complexity index is 703. The maximum absolute atomic E-state index is 12.2. The third-order valence-electron chi connectivity index (χ3n) is 2.53. The van der Waals surface area contributed by atoms with Crippen LogP contribution in [0, 0.1) is 11.3 Å². The van der Waals surface area contributed by atoms with E-state index in [0.717, 1.165) is 4.47 Å². The van der Waals surface area contributed by atoms with Gasteiger partial charge in [0.15, 0.2) is 0 Å². The topological polar surface area (TPSA) is 78.9 Å². The van der Waals surface area contributed by atoms with Crippen molar-refractivity contribution >= 4 is 49.1 Å². The second-order valence-electron chi connectivity index (χ2n) is 4.03. The lowest BCUT2D eigenvalue weighted by Crippen LogP contribution is -2.12. The number of benzene rings is 2. The number of amides is 1. The number of carbonyl (C=O) groups is 1. The third kappa shape index (κ3) is 3.38. The molecule has 0 heterocycles. The highest BCUT2D eigenvalue weighted by atomic mass is 79.9. The Morgan fingerprint density at radius 3 is 2.55 bits per heavy atom. The zero-order chi connectivity index (χ0) is 14.7. The molecule has 2 aromatic rings. The van der Waals surface area contributed by atoms with Crippen LogP contribution in [-0.4, -0.2) is 5.91 Å². The predicted octanol–water partition coefficient (Wildman–Crippen LogP) is 3.92. The molecule has 1 amide bonds. The fourth-order valence-corrected chi connectivity index (χ4v) is 2.61. The van der Waals surface area contributed by atoms with Crippen molar-refractivity contribution in [3.63, 3.8) is 0 Å². The first-order chi connectivity index (χ1) is 9.49. The lowest BCUT2D eigenvalue weighted by atomic mass is 10.1. The Morgan fingerprint density at radius 1 is 1.20 bits per heavy atom. The van der Waals surface area contributed by atoms with Crippen molar-refractivity contribution in [1.82, 2.24) is 0 Å². The molecule has 0 aliphatic rings. The van der Waals surface area contributed by atoms with Crippen LogP contribution in [-0.2, 0) is 0 Å². The molecule has 0 fully saturated rings. The van der Waals surface area contributed by atoms with Gasteiger partial charge in [-0.1, -0.05) is 15.9 Å². The number of hydrogen-bond donors (Lipinski definition) is 2. The molecule has 0 unspecified atom stereocenters. The molecular weight excluding hydrogens is 386 g/mol. The standard InChI is InChI=1S/C14H9Br2N3O/c15-10-4-9(5-11(18)6-10)14(20)19-13-2-1-8(7-17)3-12(13)16/h1-6H,18H2,(H,19,20). The van der Waals surface area contributed by atoms with Crippen molar-refractivity contribution < 1.29 is 4.79 Å². The Morgan fingerprint density at radius 2 is 1.95 bits per heavy atom. The van der Waals surface area contributed by atoms with Gasteiger partial charge < -0.3 is 11.1 Å². The molecule has 6 heteroatoms. The summed E-state index contributed by atoms with van der Waals surface area (Å²) in [5.74, 6) is -0.275. The minimum absolute atomic E-state index is 0.275. The van der Waals surface area contributed by atoms with Gasteiger partial charge in [0, 0.05) is 20.2 Å². The Hall–Kier alpha value is -1.84. The highest BCUT2D eigenvalue weighted by Gasteiger charge is 2.10. The number of nitrogens with one attached hydrogen (secondary N) is 1. The summed E-state index contributed by atoms with van der Waals surface area (Å²) in [7, 11) is 0. The van der Waals surface area contributed by atoms with E-state index in [1.807, 2.05) is 6.07 Å². The number of rotatable bonds is 2. The second kappa shape index (κ2) is 6.07. The van der Waals surface area contributed by atoms with Gasteiger partial charge in [0.25, 0.3) is 5.91 Å². The number of halogens is 2. The van der Waals surface area contributed by atoms with E-state index < -0.39 is 0 Å². The quantitative estimate of drug-likeness (QED) is 0.757. The summed E-state index contributed by atoms with van der Waals surface area (Å²) >= 11 is 6.61. The van der Waals surface area contributed by atoms with Crippen LogP contribution in [0.25, 0.3) is 0 Å². The second-order valence-corrected chi connectivity index (χ2v) is 5.80. The van der Waals surface area contributed by atoms with Crippen LogP contribution in [0.1, 0.15) is 15.9 Å². The van der Waals surface area contributed by atoms with E-state index in [9.17, 15) is 4.79 Å². The molecule has 2 rings (SSSR count). The summed E-state index contributed by atoms with van der Waals surface area (Å²) < 4.78 is 1.38. The molecule has 3 N–H and O–H groups in total. The lowest BCUT2D eigenvalue weighted by Gasteiger charge is -2.08. The van der Waals surface area contributed by atoms with Crippen molar-refractivity contribution in [1.29, 1.82) is 5.26 Å². The van der Waals surface area contributed by atoms with Crippen LogP contribution < -0.4 is 11.1 Å². The molecule has 0 spiro atoms. The number of nitrogens with two attached hydrogens (primary N) is 1. The van der Waals surface area contributed by atoms with Crippen LogP contribution in [0.2, 0.25) is 0 Å². The number of anilines is 2. The Kier molecular flexibility index (Phi) is 4.42. The van der Waals surface area contributed by atoms with Crippen LogP contribution in [0.4, 0.5) is 11.4 Å². The number of hydrogen-bond acceptors (Lipinski definition) is 3. The molecule has 100 valence electrons. The minimum Gasteiger partial charge on any atom is -0.399 e. The first kappa shape index (κ1) is 14.6. The summed E-state index contributed by atoms with van der Waals surface area (Å²) in [5, 5.41) is 11.6. The SMILES string of the molecule is N#Cc1ccc(NC(=O)c2cc(N)cc(Br)c2)c(Br)c1. The minimum atomic E-state index is -0.275. The average molecular weight is 395 g/mol. The molecule has 4 nitrogen and oxygen atoms in total. The molecule has 0 aromatic heterocycles. The maximum atomic E-state index is 12.2. The fourth-order valence-electron chi connectivity index (χ4n) is 1.62. The molecule has 0 saturated heterocycles. The molecule has 2 aromatic carbocycles. The van der Waals surface area contributed by atoms with E-state index in [1.54, 1.807) is 36.4 Å². The van der Waals surface area contributed by atoms with Crippen LogP contribution in [0.15, 0.2) is 45.3 Å². The van der Waals surface area contributed by atoms with Gasteiger partial charge in [-0.3, -0.25) is 4.79 Å². The average Bonchev–Trinajstić information content (AvgIpc) is 2.39. The highest BCUT2D eigenvalue weighted by Crippen LogP contribution is 2.25. The van der Waals surface area contributed by atoms with Gasteiger partial charge in [0.05, 0.1) is 17.3 Å². The molecule has 0 atom stereocenters. The zero-order valence-electron chi connectivity index (χ0n) is 10.2. The Balaban J connectivity index is 2.26. The number of nitrogen functional groups attached to an aromatic ring is 1. The van der Waals surface area contributed by atoms with E-state index in [2.05, 4.69) is 37.2 Å². The van der Waals surface area contributed by atoms with Crippen molar-refractivity contribution in [3.05, 3.63) is 56.5 Å². The van der Waals surface area contributed by atoms with Gasteiger partial charge in [-0.05, 0) is 52.3 Å². The first-order valence-electron chi connectivity index (χ1n) is 5.56. The molecule has 0 radical (unpaired) electrons. The third-order valence-corrected chi connectivity index (χ3v) is 3.64. The van der Waals surface area contributed by atoms with Crippen LogP contribution in [0.5, 0.6) is 0 Å². The fraction of sp³-hybridized carbons (Fsp3) is 0. The molecule has 0 aliphatic heterocycles. The molecule has 0 bridgehead atoms. The zero-order valence-corrected chi connectivity index (χ0v) is 13.3. The van der Waals surface area contributed by atoms with Gasteiger partial charge in [0.2, 0.25) is 0 Å². The number of nitriles is 1. The van der Waals surface area contributed by atoms with Gasteiger partial charge >= 0.3 is 0 Å². The number of nitrogens with zero attached hydrogens (tertiary/aromatic N) is 1. The monoisotopic (exact) mass is 393 g/mol. The first-order valence-corrected chi connectivity index (χ1v) is 7.15. The molecule has 0 aliphatic carbocycles. The normalized spacial score (nSPS) is 9.85. The highest BCUT2D eigenvalue weighted by molar-refractivity contribution is 9.10. The summed E-state index contributed by atoms with van der Waals surface area (Å²) in [6.07, 6.45) is 0. The van der Waals surface area contributed by atoms with E-state index in [1.165, 1.54) is 0 Å². The van der Waals surface area contributed by atoms with Crippen molar-refractivity contribution in [2.24, 2.45) is 0 Å². The molecule has 20 heavy (non-hydrogen) atoms. The van der Waals surface area contributed by atoms with Crippen molar-refractivity contribution in [3.8, 4) is 6.07 Å². The molecular formula is C14H9Br2N3O. The predicted molar refractivity (Wildman–Crippen MR) is 85.4 cm³/mol. The van der Waals surface area contributed by atoms with Crippen LogP contribution in [0.3, 0.4) is 0 Å². The Labute approximate surface area is 132 Å². The lowest BCUT2D eigenvalue weighted by molar-refractivity contribution is 0.102. The summed E-state index contributed by atoms with van der Waals surface area (Å²) in [6.45, 7) is 0. The van der Waals surface area contributed by atoms with E-state index in [4.69, 9.17) is 11.0 Å². The molecule has 0 saturated carbocycles. The largest absolute Gasteiger partial charge is 0.399 e. The maximum Gasteiger partial charge on any atom is 0.255 e. The van der Waals surface area contributed by atoms with E-state index in [-0.39, 0.29) is 5.91 Å². The van der Waals surface area contributed by atoms with Crippen LogP contribution >= 0.6 is 31.9 Å². The number of carbonyl (C=O) groups excluding carboxylic acids is 1. The van der Waals surface area contributed by atoms with Gasteiger partial charge in [-0.15, -0.1) is 0 Å². The van der Waals surface area contributed by atoms with E-state index >= 15 is 0 Å². The van der Waals surface area contributed by atoms with Gasteiger partial charge in [-0.2, -0.15) is 5.26 Å². The van der Waals surface area contributed by atoms with Gasteiger partial charge in [0.1, 0.15) is 0 Å². The van der Waals surface area contributed by atoms with Gasteiger partial charge in [-0.25, -0.2) is 0 Å². The summed E-state index contributed by atoms with van der Waals surface area (Å²) in [4.78, 5) is 12.2. The summed E-state index contributed by atoms with van der Waals surface area (Å²) in [6, 6.07) is 12.0. The smallest absolute Gasteiger partial charge is 0.255 e.